The molecule has 2 aromatic carbocycles. The van der Waals surface area contributed by atoms with Crippen LogP contribution in [0.1, 0.15) is 45.7 Å². The second-order valence-corrected chi connectivity index (χ2v) is 10.9. The number of nitrogens with one attached hydrogen (secondary N) is 2. The van der Waals surface area contributed by atoms with Crippen molar-refractivity contribution in [1.82, 2.24) is 19.7 Å². The van der Waals surface area contributed by atoms with E-state index in [1.54, 1.807) is 59.5 Å². The zero-order valence-electron chi connectivity index (χ0n) is 22.7. The van der Waals surface area contributed by atoms with Crippen molar-refractivity contribution in [3.8, 4) is 6.07 Å². The summed E-state index contributed by atoms with van der Waals surface area (Å²) in [5.41, 5.74) is 6.77. The van der Waals surface area contributed by atoms with E-state index >= 15 is 0 Å². The molecule has 4 N–H and O–H groups in total. The third-order valence-electron chi connectivity index (χ3n) is 7.93. The third-order valence-corrected chi connectivity index (χ3v) is 8.14. The Morgan fingerprint density at radius 1 is 1.05 bits per heavy atom. The number of aromatic nitrogens is 3. The SMILES string of the molecule is N#Cc1ccccc1C(=O)Nc1ccc2c(c1)c(C(N)=O)nn2CC(=O)N1[C@@H]2CC[C@@H](C2)[C@H]1C(=O)Nc1cccc(Cl)n1. The molecule has 1 aliphatic carbocycles. The fourth-order valence-electron chi connectivity index (χ4n) is 6.11. The largest absolute Gasteiger partial charge is 0.364 e. The van der Waals surface area contributed by atoms with Crippen LogP contribution in [0.15, 0.2) is 60.7 Å². The number of fused-ring (bicyclic) bond motifs is 3. The Bertz CT molecular complexity index is 1850. The molecular formula is C30H25ClN8O4. The summed E-state index contributed by atoms with van der Waals surface area (Å²) in [4.78, 5) is 58.0. The van der Waals surface area contributed by atoms with Gasteiger partial charge in [-0.25, -0.2) is 4.98 Å². The van der Waals surface area contributed by atoms with E-state index in [0.29, 0.717) is 22.4 Å². The molecule has 2 aromatic heterocycles. The number of benzene rings is 2. The molecule has 2 fully saturated rings. The number of hydrogen-bond acceptors (Lipinski definition) is 7. The number of amides is 4. The zero-order valence-corrected chi connectivity index (χ0v) is 23.4. The van der Waals surface area contributed by atoms with Crippen LogP contribution in [0.4, 0.5) is 11.5 Å². The van der Waals surface area contributed by atoms with E-state index in [0.717, 1.165) is 19.3 Å². The van der Waals surface area contributed by atoms with Crippen LogP contribution in [0.25, 0.3) is 10.9 Å². The van der Waals surface area contributed by atoms with Crippen LogP contribution < -0.4 is 16.4 Å². The number of pyridine rings is 1. The molecule has 6 rings (SSSR count). The number of hydrogen-bond donors (Lipinski definition) is 3. The molecule has 1 saturated heterocycles. The van der Waals surface area contributed by atoms with Crippen molar-refractivity contribution in [3.63, 3.8) is 0 Å². The number of piperidine rings is 1. The van der Waals surface area contributed by atoms with Crippen LogP contribution >= 0.6 is 11.6 Å². The van der Waals surface area contributed by atoms with Gasteiger partial charge in [0.2, 0.25) is 11.8 Å². The average Bonchev–Trinajstić information content (AvgIpc) is 3.71. The number of nitrogens with zero attached hydrogens (tertiary/aromatic N) is 5. The molecule has 3 heterocycles. The van der Waals surface area contributed by atoms with Gasteiger partial charge < -0.3 is 21.3 Å². The standard InChI is InChI=1S/C30H25ClN8O4/c31-23-6-3-7-24(35-23)36-30(43)27-16-8-10-19(12-16)39(27)25(40)15-38-22-11-9-18(13-21(22)26(37-38)28(33)41)34-29(42)20-5-2-1-4-17(20)14-32/h1-7,9,11,13,16,19,27H,8,10,12,15H2,(H2,33,41)(H,34,42)(H,35,36,43)/t16-,19+,27-/m0/s1. The molecule has 2 bridgehead atoms. The third kappa shape index (κ3) is 5.26. The Morgan fingerprint density at radius 3 is 2.63 bits per heavy atom. The van der Waals surface area contributed by atoms with E-state index < -0.39 is 17.9 Å². The predicted octanol–water partition coefficient (Wildman–Crippen LogP) is 3.33. The van der Waals surface area contributed by atoms with E-state index in [-0.39, 0.29) is 52.3 Å². The van der Waals surface area contributed by atoms with Gasteiger partial charge in [0.15, 0.2) is 5.69 Å². The number of nitrogens with two attached hydrogens (primary N) is 1. The van der Waals surface area contributed by atoms with Crippen molar-refractivity contribution < 1.29 is 19.2 Å². The van der Waals surface area contributed by atoms with Crippen molar-refractivity contribution in [3.05, 3.63) is 82.6 Å². The van der Waals surface area contributed by atoms with E-state index in [2.05, 4.69) is 20.7 Å². The van der Waals surface area contributed by atoms with Crippen molar-refractivity contribution in [1.29, 1.82) is 5.26 Å². The maximum absolute atomic E-state index is 13.7. The minimum Gasteiger partial charge on any atom is -0.364 e. The number of nitriles is 1. The van der Waals surface area contributed by atoms with Gasteiger partial charge in [-0.05, 0) is 67.6 Å². The molecule has 0 unspecified atom stereocenters. The first-order chi connectivity index (χ1) is 20.7. The van der Waals surface area contributed by atoms with Crippen LogP contribution in [0, 0.1) is 17.2 Å². The first-order valence-corrected chi connectivity index (χ1v) is 14.0. The van der Waals surface area contributed by atoms with Gasteiger partial charge in [0, 0.05) is 17.1 Å². The molecular weight excluding hydrogens is 572 g/mol. The van der Waals surface area contributed by atoms with Crippen LogP contribution in [0.2, 0.25) is 5.15 Å². The van der Waals surface area contributed by atoms with Crippen molar-refractivity contribution in [2.75, 3.05) is 10.6 Å². The quantitative estimate of drug-likeness (QED) is 0.274. The summed E-state index contributed by atoms with van der Waals surface area (Å²) in [7, 11) is 0. The molecule has 1 aliphatic heterocycles. The Hall–Kier alpha value is -5.28. The van der Waals surface area contributed by atoms with E-state index in [1.807, 2.05) is 6.07 Å². The van der Waals surface area contributed by atoms with Gasteiger partial charge in [0.1, 0.15) is 23.6 Å². The van der Waals surface area contributed by atoms with Crippen LogP contribution in [0.3, 0.4) is 0 Å². The van der Waals surface area contributed by atoms with Gasteiger partial charge in [0.05, 0.1) is 22.7 Å². The smallest absolute Gasteiger partial charge is 0.269 e. The van der Waals surface area contributed by atoms with Crippen molar-refractivity contribution in [2.24, 2.45) is 11.7 Å². The van der Waals surface area contributed by atoms with Gasteiger partial charge in [-0.15, -0.1) is 0 Å². The van der Waals surface area contributed by atoms with Crippen LogP contribution in [-0.4, -0.2) is 55.4 Å². The first kappa shape index (κ1) is 27.9. The second kappa shape index (κ2) is 11.2. The topological polar surface area (TPSA) is 176 Å². The van der Waals surface area contributed by atoms with Gasteiger partial charge in [-0.3, -0.25) is 23.9 Å². The Balaban J connectivity index is 1.25. The fourth-order valence-corrected chi connectivity index (χ4v) is 6.27. The summed E-state index contributed by atoms with van der Waals surface area (Å²) < 4.78 is 1.38. The molecule has 1 saturated carbocycles. The van der Waals surface area contributed by atoms with Gasteiger partial charge in [-0.1, -0.05) is 29.8 Å². The minimum absolute atomic E-state index is 0.0148. The molecule has 12 nitrogen and oxygen atoms in total. The molecule has 2 aliphatic rings. The molecule has 216 valence electrons. The molecule has 4 amide bonds. The Labute approximate surface area is 250 Å². The Kier molecular flexibility index (Phi) is 7.25. The second-order valence-electron chi connectivity index (χ2n) is 10.5. The number of rotatable bonds is 7. The number of anilines is 2. The van der Waals surface area contributed by atoms with Gasteiger partial charge >= 0.3 is 0 Å². The normalized spacial score (nSPS) is 18.8. The highest BCUT2D eigenvalue weighted by Crippen LogP contribution is 2.43. The number of carbonyl (C=O) groups excluding carboxylic acids is 4. The maximum atomic E-state index is 13.7. The highest BCUT2D eigenvalue weighted by atomic mass is 35.5. The monoisotopic (exact) mass is 596 g/mol. The number of halogens is 1. The fraction of sp³-hybridized carbons (Fsp3) is 0.233. The zero-order chi connectivity index (χ0) is 30.2. The summed E-state index contributed by atoms with van der Waals surface area (Å²) in [6, 6.07) is 17.3. The lowest BCUT2D eigenvalue weighted by molar-refractivity contribution is -0.141. The Morgan fingerprint density at radius 2 is 1.86 bits per heavy atom. The highest BCUT2D eigenvalue weighted by Gasteiger charge is 2.51. The molecule has 4 aromatic rings. The molecule has 43 heavy (non-hydrogen) atoms. The number of likely N-dealkylation sites (tertiary alicyclic amines) is 1. The van der Waals surface area contributed by atoms with Gasteiger partial charge in [-0.2, -0.15) is 10.4 Å². The van der Waals surface area contributed by atoms with Gasteiger partial charge in [0.25, 0.3) is 11.8 Å². The molecule has 13 heteroatoms. The average molecular weight is 597 g/mol. The number of carbonyl (C=O) groups is 4. The summed E-state index contributed by atoms with van der Waals surface area (Å²) >= 11 is 5.97. The lowest BCUT2D eigenvalue weighted by atomic mass is 9.97. The molecule has 0 spiro atoms. The summed E-state index contributed by atoms with van der Waals surface area (Å²) in [5.74, 6) is -1.65. The lowest BCUT2D eigenvalue weighted by Crippen LogP contribution is -2.52. The molecule has 0 radical (unpaired) electrons. The predicted molar refractivity (Wildman–Crippen MR) is 157 cm³/mol. The highest BCUT2D eigenvalue weighted by molar-refractivity contribution is 6.29. The lowest BCUT2D eigenvalue weighted by Gasteiger charge is -2.34. The maximum Gasteiger partial charge on any atom is 0.269 e. The summed E-state index contributed by atoms with van der Waals surface area (Å²) in [6.45, 7) is -0.229. The summed E-state index contributed by atoms with van der Waals surface area (Å²) in [5, 5.41) is 19.8. The minimum atomic E-state index is -0.805. The summed E-state index contributed by atoms with van der Waals surface area (Å²) in [6.07, 6.45) is 2.34. The van der Waals surface area contributed by atoms with Crippen molar-refractivity contribution in [2.45, 2.75) is 37.9 Å². The van der Waals surface area contributed by atoms with E-state index in [9.17, 15) is 24.4 Å². The van der Waals surface area contributed by atoms with Crippen LogP contribution in [0.5, 0.6) is 0 Å². The number of primary amides is 1. The van der Waals surface area contributed by atoms with Crippen LogP contribution in [-0.2, 0) is 16.1 Å². The first-order valence-electron chi connectivity index (χ1n) is 13.6. The van der Waals surface area contributed by atoms with E-state index in [1.165, 1.54) is 10.7 Å². The van der Waals surface area contributed by atoms with Crippen molar-refractivity contribution >= 4 is 57.6 Å². The molecule has 3 atom stereocenters. The van der Waals surface area contributed by atoms with E-state index in [4.69, 9.17) is 17.3 Å².